The fourth-order valence-corrected chi connectivity index (χ4v) is 3.62. The summed E-state index contributed by atoms with van der Waals surface area (Å²) in [6.07, 6.45) is 3.81. The molecule has 3 aromatic rings. The van der Waals surface area contributed by atoms with Gasteiger partial charge in [-0.1, -0.05) is 23.8 Å². The maximum Gasteiger partial charge on any atom is 0.256 e. The van der Waals surface area contributed by atoms with E-state index in [9.17, 15) is 4.79 Å². The van der Waals surface area contributed by atoms with Crippen LogP contribution in [0.4, 0.5) is 0 Å². The molecule has 1 aliphatic rings. The van der Waals surface area contributed by atoms with Crippen LogP contribution in [0.1, 0.15) is 27.0 Å². The second-order valence-corrected chi connectivity index (χ2v) is 7.08. The summed E-state index contributed by atoms with van der Waals surface area (Å²) < 4.78 is 5.66. The fourth-order valence-electron chi connectivity index (χ4n) is 3.62. The monoisotopic (exact) mass is 387 g/mol. The lowest BCUT2D eigenvalue weighted by molar-refractivity contribution is -0.00165. The Balaban J connectivity index is 1.64. The Hall–Kier alpha value is -3.50. The first-order valence-electron chi connectivity index (χ1n) is 9.51. The molecule has 1 aromatic heterocycles. The van der Waals surface area contributed by atoms with E-state index in [1.54, 1.807) is 18.5 Å². The van der Waals surface area contributed by atoms with Gasteiger partial charge in [0.15, 0.2) is 0 Å². The van der Waals surface area contributed by atoms with Crippen LogP contribution in [0.5, 0.6) is 0 Å². The average Bonchev–Trinajstić information content (AvgIpc) is 3.28. The van der Waals surface area contributed by atoms with Gasteiger partial charge in [0.1, 0.15) is 0 Å². The topological polar surface area (TPSA) is 84.0 Å². The SMILES string of the molecule is Cc1ccc(-n2nccn2)c(C(=O)N2CCOCC2Cc2cccc(C#N)c2)c1. The Morgan fingerprint density at radius 1 is 1.24 bits per heavy atom. The van der Waals surface area contributed by atoms with Gasteiger partial charge in [0, 0.05) is 6.54 Å². The average molecular weight is 387 g/mol. The van der Waals surface area contributed by atoms with E-state index in [0.29, 0.717) is 43.0 Å². The molecule has 2 aromatic carbocycles. The first-order valence-corrected chi connectivity index (χ1v) is 9.51. The van der Waals surface area contributed by atoms with Gasteiger partial charge in [-0.15, -0.1) is 0 Å². The number of amides is 1. The lowest BCUT2D eigenvalue weighted by Gasteiger charge is -2.36. The number of hydrogen-bond acceptors (Lipinski definition) is 5. The van der Waals surface area contributed by atoms with Gasteiger partial charge in [-0.2, -0.15) is 20.3 Å². The van der Waals surface area contributed by atoms with E-state index in [0.717, 1.165) is 11.1 Å². The molecule has 2 heterocycles. The van der Waals surface area contributed by atoms with E-state index in [-0.39, 0.29) is 11.9 Å². The highest BCUT2D eigenvalue weighted by atomic mass is 16.5. The third kappa shape index (κ3) is 4.03. The lowest BCUT2D eigenvalue weighted by atomic mass is 10.0. The summed E-state index contributed by atoms with van der Waals surface area (Å²) in [5.74, 6) is -0.0641. The molecule has 0 aliphatic carbocycles. The van der Waals surface area contributed by atoms with Crippen LogP contribution < -0.4 is 0 Å². The first kappa shape index (κ1) is 18.8. The van der Waals surface area contributed by atoms with Crippen LogP contribution >= 0.6 is 0 Å². The molecule has 0 spiro atoms. The van der Waals surface area contributed by atoms with Gasteiger partial charge in [-0.3, -0.25) is 4.79 Å². The van der Waals surface area contributed by atoms with Crippen molar-refractivity contribution in [1.29, 1.82) is 5.26 Å². The zero-order valence-corrected chi connectivity index (χ0v) is 16.2. The quantitative estimate of drug-likeness (QED) is 0.687. The summed E-state index contributed by atoms with van der Waals surface area (Å²) in [5.41, 5.74) is 3.84. The molecule has 1 atom stereocenters. The summed E-state index contributed by atoms with van der Waals surface area (Å²) in [4.78, 5) is 16.9. The number of benzene rings is 2. The number of morpholine rings is 1. The normalized spacial score (nSPS) is 16.4. The Kier molecular flexibility index (Phi) is 5.36. The third-order valence-corrected chi connectivity index (χ3v) is 5.03. The molecule has 0 radical (unpaired) electrons. The highest BCUT2D eigenvalue weighted by molar-refractivity contribution is 5.98. The molecular weight excluding hydrogens is 366 g/mol. The molecule has 1 aliphatic heterocycles. The number of nitrogens with zero attached hydrogens (tertiary/aromatic N) is 5. The van der Waals surface area contributed by atoms with Gasteiger partial charge >= 0.3 is 0 Å². The van der Waals surface area contributed by atoms with Crippen LogP contribution in [0, 0.1) is 18.3 Å². The van der Waals surface area contributed by atoms with E-state index in [1.165, 1.54) is 4.80 Å². The third-order valence-electron chi connectivity index (χ3n) is 5.03. The van der Waals surface area contributed by atoms with Crippen molar-refractivity contribution < 1.29 is 9.53 Å². The van der Waals surface area contributed by atoms with Gasteiger partial charge in [0.05, 0.1) is 54.5 Å². The number of hydrogen-bond donors (Lipinski definition) is 0. The Bertz CT molecular complexity index is 1060. The highest BCUT2D eigenvalue weighted by Crippen LogP contribution is 2.22. The van der Waals surface area contributed by atoms with Crippen molar-refractivity contribution in [2.24, 2.45) is 0 Å². The molecular formula is C22H21N5O2. The maximum absolute atomic E-state index is 13.5. The Morgan fingerprint density at radius 3 is 2.86 bits per heavy atom. The Morgan fingerprint density at radius 2 is 2.07 bits per heavy atom. The molecule has 29 heavy (non-hydrogen) atoms. The minimum absolute atomic E-state index is 0.0641. The molecule has 0 N–H and O–H groups in total. The summed E-state index contributed by atoms with van der Waals surface area (Å²) >= 11 is 0. The molecule has 1 unspecified atom stereocenters. The number of carbonyl (C=O) groups is 1. The van der Waals surface area contributed by atoms with Crippen molar-refractivity contribution in [2.45, 2.75) is 19.4 Å². The van der Waals surface area contributed by atoms with Crippen molar-refractivity contribution in [3.8, 4) is 11.8 Å². The van der Waals surface area contributed by atoms with Crippen LogP contribution in [-0.4, -0.2) is 51.6 Å². The van der Waals surface area contributed by atoms with Crippen LogP contribution in [-0.2, 0) is 11.2 Å². The van der Waals surface area contributed by atoms with Gasteiger partial charge in [-0.05, 0) is 43.2 Å². The summed E-state index contributed by atoms with van der Waals surface area (Å²) in [6.45, 7) is 3.44. The minimum atomic E-state index is -0.107. The lowest BCUT2D eigenvalue weighted by Crippen LogP contribution is -2.50. The van der Waals surface area contributed by atoms with E-state index < -0.39 is 0 Å². The molecule has 0 saturated carbocycles. The molecule has 1 saturated heterocycles. The summed E-state index contributed by atoms with van der Waals surface area (Å²) in [5, 5.41) is 17.5. The molecule has 146 valence electrons. The van der Waals surface area contributed by atoms with Crippen molar-refractivity contribution in [1.82, 2.24) is 19.9 Å². The number of carbonyl (C=O) groups excluding carboxylic acids is 1. The fraction of sp³-hybridized carbons (Fsp3) is 0.273. The van der Waals surface area contributed by atoms with Crippen LogP contribution in [0.2, 0.25) is 0 Å². The van der Waals surface area contributed by atoms with E-state index in [4.69, 9.17) is 10.00 Å². The highest BCUT2D eigenvalue weighted by Gasteiger charge is 2.30. The first-order chi connectivity index (χ1) is 14.2. The van der Waals surface area contributed by atoms with E-state index in [1.807, 2.05) is 48.2 Å². The zero-order chi connectivity index (χ0) is 20.2. The molecule has 4 rings (SSSR count). The number of rotatable bonds is 4. The largest absolute Gasteiger partial charge is 0.377 e. The van der Waals surface area contributed by atoms with Gasteiger partial charge in [-0.25, -0.2) is 0 Å². The molecule has 1 amide bonds. The minimum Gasteiger partial charge on any atom is -0.377 e. The van der Waals surface area contributed by atoms with Crippen molar-refractivity contribution in [3.63, 3.8) is 0 Å². The van der Waals surface area contributed by atoms with Crippen molar-refractivity contribution >= 4 is 5.91 Å². The zero-order valence-electron chi connectivity index (χ0n) is 16.2. The van der Waals surface area contributed by atoms with Crippen LogP contribution in [0.3, 0.4) is 0 Å². The van der Waals surface area contributed by atoms with Crippen LogP contribution in [0.25, 0.3) is 5.69 Å². The molecule has 7 heteroatoms. The second-order valence-electron chi connectivity index (χ2n) is 7.08. The predicted octanol–water partition coefficient (Wildman–Crippen LogP) is 2.53. The van der Waals surface area contributed by atoms with Crippen molar-refractivity contribution in [3.05, 3.63) is 77.1 Å². The van der Waals surface area contributed by atoms with Gasteiger partial charge in [0.25, 0.3) is 5.91 Å². The van der Waals surface area contributed by atoms with Gasteiger partial charge in [0.2, 0.25) is 0 Å². The second kappa shape index (κ2) is 8.25. The van der Waals surface area contributed by atoms with E-state index >= 15 is 0 Å². The molecule has 7 nitrogen and oxygen atoms in total. The van der Waals surface area contributed by atoms with E-state index in [2.05, 4.69) is 16.3 Å². The number of aromatic nitrogens is 3. The molecule has 1 fully saturated rings. The Labute approximate surface area is 169 Å². The van der Waals surface area contributed by atoms with Crippen LogP contribution in [0.15, 0.2) is 54.9 Å². The smallest absolute Gasteiger partial charge is 0.256 e. The maximum atomic E-state index is 13.5. The van der Waals surface area contributed by atoms with Gasteiger partial charge < -0.3 is 9.64 Å². The predicted molar refractivity (Wildman–Crippen MR) is 107 cm³/mol. The number of aryl methyl sites for hydroxylation is 1. The number of ether oxygens (including phenoxy) is 1. The summed E-state index contributed by atoms with van der Waals surface area (Å²) in [7, 11) is 0. The van der Waals surface area contributed by atoms with Crippen molar-refractivity contribution in [2.75, 3.05) is 19.8 Å². The summed E-state index contributed by atoms with van der Waals surface area (Å²) in [6, 6.07) is 15.2. The number of nitriles is 1. The standard InChI is InChI=1S/C22H21N5O2/c1-16-5-6-21(27-24-7-8-25-27)20(11-16)22(28)26-9-10-29-15-19(26)13-17-3-2-4-18(12-17)14-23/h2-8,11-12,19H,9-10,13,15H2,1H3. The molecule has 0 bridgehead atoms.